The van der Waals surface area contributed by atoms with E-state index in [1.54, 1.807) is 6.33 Å². The zero-order valence-corrected chi connectivity index (χ0v) is 12.1. The lowest BCUT2D eigenvalue weighted by molar-refractivity contribution is 0.408. The summed E-state index contributed by atoms with van der Waals surface area (Å²) in [6, 6.07) is 1.02. The molecule has 1 aromatic heterocycles. The molecular weight excluding hydrogens is 256 g/mol. The smallest absolute Gasteiger partial charge is 0.166 e. The number of hydrogen-bond donors (Lipinski definition) is 3. The van der Waals surface area contributed by atoms with E-state index in [0.717, 1.165) is 24.4 Å². The van der Waals surface area contributed by atoms with Gasteiger partial charge in [0.05, 0.1) is 12.0 Å². The van der Waals surface area contributed by atoms with Gasteiger partial charge in [0, 0.05) is 24.2 Å². The molecule has 1 heterocycles. The van der Waals surface area contributed by atoms with Gasteiger partial charge in [0.2, 0.25) is 0 Å². The molecule has 0 bridgehead atoms. The standard InChI is InChI=1S/C14H22N4S/c19-14(17-10-4-2-1-3-5-10)18-11-6-7-12-13(8-11)16-9-15-12/h9-11H,1-8H2,(H,15,16)(H2,17,18,19). The fourth-order valence-electron chi connectivity index (χ4n) is 3.18. The molecule has 4 nitrogen and oxygen atoms in total. The Balaban J connectivity index is 1.47. The number of imidazole rings is 1. The predicted octanol–water partition coefficient (Wildman–Crippen LogP) is 2.06. The van der Waals surface area contributed by atoms with Crippen LogP contribution in [0, 0.1) is 0 Å². The van der Waals surface area contributed by atoms with Crippen molar-refractivity contribution >= 4 is 17.3 Å². The summed E-state index contributed by atoms with van der Waals surface area (Å²) in [4.78, 5) is 7.56. The van der Waals surface area contributed by atoms with Gasteiger partial charge in [-0.15, -0.1) is 0 Å². The first kappa shape index (κ1) is 12.9. The lowest BCUT2D eigenvalue weighted by atomic mass is 9.95. The summed E-state index contributed by atoms with van der Waals surface area (Å²) in [6.07, 6.45) is 11.5. The molecule has 19 heavy (non-hydrogen) atoms. The second-order valence-corrected chi connectivity index (χ2v) is 6.13. The Hall–Kier alpha value is -1.10. The number of aromatic amines is 1. The second-order valence-electron chi connectivity index (χ2n) is 5.72. The fourth-order valence-corrected chi connectivity index (χ4v) is 3.52. The summed E-state index contributed by atoms with van der Waals surface area (Å²) in [5.41, 5.74) is 2.49. The highest BCUT2D eigenvalue weighted by molar-refractivity contribution is 7.80. The van der Waals surface area contributed by atoms with Gasteiger partial charge in [-0.3, -0.25) is 0 Å². The topological polar surface area (TPSA) is 52.7 Å². The van der Waals surface area contributed by atoms with E-state index in [4.69, 9.17) is 12.2 Å². The maximum atomic E-state index is 5.45. The van der Waals surface area contributed by atoms with Crippen molar-refractivity contribution in [2.24, 2.45) is 0 Å². The molecule has 0 radical (unpaired) electrons. The Labute approximate surface area is 119 Å². The predicted molar refractivity (Wildman–Crippen MR) is 80.1 cm³/mol. The number of aromatic nitrogens is 2. The molecule has 1 unspecified atom stereocenters. The van der Waals surface area contributed by atoms with Crippen LogP contribution in [0.1, 0.15) is 49.9 Å². The minimum absolute atomic E-state index is 0.441. The van der Waals surface area contributed by atoms with Gasteiger partial charge in [0.25, 0.3) is 0 Å². The number of fused-ring (bicyclic) bond motifs is 1. The van der Waals surface area contributed by atoms with Crippen molar-refractivity contribution < 1.29 is 0 Å². The minimum atomic E-state index is 0.441. The maximum Gasteiger partial charge on any atom is 0.166 e. The summed E-state index contributed by atoms with van der Waals surface area (Å²) in [5, 5.41) is 7.78. The number of thiocarbonyl (C=S) groups is 1. The van der Waals surface area contributed by atoms with E-state index in [-0.39, 0.29) is 0 Å². The summed E-state index contributed by atoms with van der Waals surface area (Å²) in [7, 11) is 0. The molecule has 104 valence electrons. The molecule has 5 heteroatoms. The van der Waals surface area contributed by atoms with Crippen LogP contribution in [0.4, 0.5) is 0 Å². The molecule has 0 aromatic carbocycles. The summed E-state index contributed by atoms with van der Waals surface area (Å²) in [6.45, 7) is 0. The van der Waals surface area contributed by atoms with Crippen molar-refractivity contribution in [3.63, 3.8) is 0 Å². The third kappa shape index (κ3) is 3.26. The van der Waals surface area contributed by atoms with Crippen LogP contribution < -0.4 is 10.6 Å². The van der Waals surface area contributed by atoms with E-state index in [1.165, 1.54) is 43.5 Å². The molecule has 0 aliphatic heterocycles. The van der Waals surface area contributed by atoms with Gasteiger partial charge in [-0.05, 0) is 37.9 Å². The number of aryl methyl sites for hydroxylation is 1. The lowest BCUT2D eigenvalue weighted by Gasteiger charge is -2.28. The Morgan fingerprint density at radius 2 is 1.95 bits per heavy atom. The summed E-state index contributed by atoms with van der Waals surface area (Å²) >= 11 is 5.45. The van der Waals surface area contributed by atoms with Gasteiger partial charge in [0.1, 0.15) is 0 Å². The van der Waals surface area contributed by atoms with Crippen molar-refractivity contribution in [3.8, 4) is 0 Å². The summed E-state index contributed by atoms with van der Waals surface area (Å²) < 4.78 is 0. The normalized spacial score (nSPS) is 23.7. The molecule has 2 aliphatic carbocycles. The van der Waals surface area contributed by atoms with Gasteiger partial charge in [-0.1, -0.05) is 19.3 Å². The van der Waals surface area contributed by atoms with Crippen LogP contribution in [-0.2, 0) is 12.8 Å². The van der Waals surface area contributed by atoms with Gasteiger partial charge in [0.15, 0.2) is 5.11 Å². The highest BCUT2D eigenvalue weighted by Crippen LogP contribution is 2.19. The largest absolute Gasteiger partial charge is 0.360 e. The van der Waals surface area contributed by atoms with E-state index < -0.39 is 0 Å². The van der Waals surface area contributed by atoms with E-state index in [2.05, 4.69) is 20.6 Å². The molecule has 1 atom stereocenters. The average Bonchev–Trinajstić information content (AvgIpc) is 2.87. The highest BCUT2D eigenvalue weighted by Gasteiger charge is 2.22. The molecule has 3 rings (SSSR count). The third-order valence-electron chi connectivity index (χ3n) is 4.26. The van der Waals surface area contributed by atoms with Gasteiger partial charge < -0.3 is 15.6 Å². The molecule has 3 N–H and O–H groups in total. The lowest BCUT2D eigenvalue weighted by Crippen LogP contribution is -2.48. The van der Waals surface area contributed by atoms with Gasteiger partial charge >= 0.3 is 0 Å². The number of nitrogens with zero attached hydrogens (tertiary/aromatic N) is 1. The van der Waals surface area contributed by atoms with Crippen molar-refractivity contribution in [2.45, 2.75) is 63.5 Å². The molecular formula is C14H22N4S. The highest BCUT2D eigenvalue weighted by atomic mass is 32.1. The summed E-state index contributed by atoms with van der Waals surface area (Å²) in [5.74, 6) is 0. The van der Waals surface area contributed by atoms with E-state index >= 15 is 0 Å². The first-order valence-electron chi connectivity index (χ1n) is 7.39. The number of H-pyrrole nitrogens is 1. The Morgan fingerprint density at radius 3 is 2.79 bits per heavy atom. The zero-order chi connectivity index (χ0) is 13.1. The zero-order valence-electron chi connectivity index (χ0n) is 11.2. The van der Waals surface area contributed by atoms with Crippen LogP contribution in [0.5, 0.6) is 0 Å². The molecule has 0 saturated heterocycles. The molecule has 0 amide bonds. The Morgan fingerprint density at radius 1 is 1.16 bits per heavy atom. The number of rotatable bonds is 2. The minimum Gasteiger partial charge on any atom is -0.360 e. The maximum absolute atomic E-state index is 5.45. The molecule has 1 aromatic rings. The van der Waals surface area contributed by atoms with Crippen LogP contribution in [0.2, 0.25) is 0 Å². The van der Waals surface area contributed by atoms with Crippen LogP contribution in [0.25, 0.3) is 0 Å². The van der Waals surface area contributed by atoms with Crippen molar-refractivity contribution in [1.82, 2.24) is 20.6 Å². The first-order chi connectivity index (χ1) is 9.31. The second kappa shape index (κ2) is 5.90. The molecule has 0 spiro atoms. The Bertz CT molecular complexity index is 436. The van der Waals surface area contributed by atoms with E-state index in [1.807, 2.05) is 0 Å². The quantitative estimate of drug-likeness (QED) is 0.725. The van der Waals surface area contributed by atoms with Crippen LogP contribution in [-0.4, -0.2) is 27.2 Å². The van der Waals surface area contributed by atoms with Crippen molar-refractivity contribution in [2.75, 3.05) is 0 Å². The van der Waals surface area contributed by atoms with Gasteiger partial charge in [-0.25, -0.2) is 4.98 Å². The van der Waals surface area contributed by atoms with Crippen LogP contribution in [0.15, 0.2) is 6.33 Å². The first-order valence-corrected chi connectivity index (χ1v) is 7.80. The Kier molecular flexibility index (Phi) is 4.01. The monoisotopic (exact) mass is 278 g/mol. The van der Waals surface area contributed by atoms with Crippen LogP contribution >= 0.6 is 12.2 Å². The number of hydrogen-bond acceptors (Lipinski definition) is 2. The SMILES string of the molecule is S=C(NC1CCCCC1)NC1CCc2nc[nH]c2C1. The fraction of sp³-hybridized carbons (Fsp3) is 0.714. The molecule has 2 aliphatic rings. The van der Waals surface area contributed by atoms with Crippen LogP contribution in [0.3, 0.4) is 0 Å². The number of nitrogens with one attached hydrogen (secondary N) is 3. The van der Waals surface area contributed by atoms with Crippen molar-refractivity contribution in [1.29, 1.82) is 0 Å². The molecule has 1 saturated carbocycles. The molecule has 1 fully saturated rings. The third-order valence-corrected chi connectivity index (χ3v) is 4.50. The van der Waals surface area contributed by atoms with Crippen molar-refractivity contribution in [3.05, 3.63) is 17.7 Å². The van der Waals surface area contributed by atoms with E-state index in [0.29, 0.717) is 12.1 Å². The average molecular weight is 278 g/mol. The van der Waals surface area contributed by atoms with Gasteiger partial charge in [-0.2, -0.15) is 0 Å². The van der Waals surface area contributed by atoms with E-state index in [9.17, 15) is 0 Å².